The van der Waals surface area contributed by atoms with Gasteiger partial charge in [0.25, 0.3) is 0 Å². The molecule has 2 aliphatic rings. The second-order valence-electron chi connectivity index (χ2n) is 5.34. The molecule has 2 fully saturated rings. The van der Waals surface area contributed by atoms with Crippen LogP contribution in [-0.2, 0) is 4.74 Å². The number of alkyl halides is 2. The predicted octanol–water partition coefficient (Wildman–Crippen LogP) is 3.38. The molecule has 2 bridgehead atoms. The quantitative estimate of drug-likeness (QED) is 0.888. The maximum Gasteiger partial charge on any atom is 0.387 e. The van der Waals surface area contributed by atoms with Crippen LogP contribution in [0.5, 0.6) is 5.75 Å². The van der Waals surface area contributed by atoms with Gasteiger partial charge in [-0.15, -0.1) is 0 Å². The summed E-state index contributed by atoms with van der Waals surface area (Å²) in [6.45, 7) is -2.95. The minimum atomic E-state index is -2.95. The standard InChI is InChI=1S/C14H15ClF2N2O3/c15-9-5-7(1-3-11(9)22-13(16)17)18-14(20)19-10-6-8-2-4-12(10)21-8/h1,3,5,8,10,12-13H,2,4,6H2,(H2,18,19,20)/t8-,10-,12-/m1/s1. The van der Waals surface area contributed by atoms with E-state index >= 15 is 0 Å². The lowest BCUT2D eigenvalue weighted by Gasteiger charge is -2.20. The van der Waals surface area contributed by atoms with E-state index in [-0.39, 0.29) is 35.1 Å². The summed E-state index contributed by atoms with van der Waals surface area (Å²) in [5.41, 5.74) is 0.396. The highest BCUT2D eigenvalue weighted by Crippen LogP contribution is 2.34. The zero-order valence-corrected chi connectivity index (χ0v) is 12.3. The topological polar surface area (TPSA) is 59.6 Å². The van der Waals surface area contributed by atoms with Gasteiger partial charge in [-0.2, -0.15) is 8.78 Å². The first-order valence-corrected chi connectivity index (χ1v) is 7.36. The number of hydrogen-bond donors (Lipinski definition) is 2. The number of hydrogen-bond acceptors (Lipinski definition) is 3. The van der Waals surface area contributed by atoms with Crippen LogP contribution in [0.1, 0.15) is 19.3 Å². The highest BCUT2D eigenvalue weighted by Gasteiger charge is 2.41. The molecule has 1 aromatic carbocycles. The lowest BCUT2D eigenvalue weighted by atomic mass is 9.96. The molecule has 0 aromatic heterocycles. The summed E-state index contributed by atoms with van der Waals surface area (Å²) >= 11 is 5.83. The van der Waals surface area contributed by atoms with Crippen molar-refractivity contribution in [1.29, 1.82) is 0 Å². The van der Waals surface area contributed by atoms with E-state index < -0.39 is 6.61 Å². The Morgan fingerprint density at radius 1 is 1.41 bits per heavy atom. The van der Waals surface area contributed by atoms with Crippen LogP contribution in [0.25, 0.3) is 0 Å². The molecule has 1 aromatic rings. The number of anilines is 1. The first kappa shape index (κ1) is 15.3. The van der Waals surface area contributed by atoms with E-state index in [0.717, 1.165) is 19.3 Å². The van der Waals surface area contributed by atoms with Gasteiger partial charge in [-0.25, -0.2) is 4.79 Å². The molecule has 0 radical (unpaired) electrons. The monoisotopic (exact) mass is 332 g/mol. The summed E-state index contributed by atoms with van der Waals surface area (Å²) in [5.74, 6) is -0.135. The molecule has 2 saturated heterocycles. The maximum atomic E-state index is 12.1. The number of ether oxygens (including phenoxy) is 2. The highest BCUT2D eigenvalue weighted by molar-refractivity contribution is 6.32. The van der Waals surface area contributed by atoms with E-state index in [1.54, 1.807) is 0 Å². The highest BCUT2D eigenvalue weighted by atomic mass is 35.5. The molecule has 0 unspecified atom stereocenters. The largest absolute Gasteiger partial charge is 0.433 e. The van der Waals surface area contributed by atoms with Crippen molar-refractivity contribution >= 4 is 23.3 Å². The number of rotatable bonds is 4. The van der Waals surface area contributed by atoms with Gasteiger partial charge in [-0.05, 0) is 37.5 Å². The molecule has 3 atom stereocenters. The van der Waals surface area contributed by atoms with E-state index in [2.05, 4.69) is 15.4 Å². The van der Waals surface area contributed by atoms with E-state index in [1.165, 1.54) is 18.2 Å². The van der Waals surface area contributed by atoms with Crippen LogP contribution in [0.15, 0.2) is 18.2 Å². The number of benzene rings is 1. The Kier molecular flexibility index (Phi) is 4.35. The van der Waals surface area contributed by atoms with Crippen LogP contribution in [-0.4, -0.2) is 30.9 Å². The predicted molar refractivity (Wildman–Crippen MR) is 76.5 cm³/mol. The summed E-state index contributed by atoms with van der Waals surface area (Å²) in [6, 6.07) is 3.72. The fourth-order valence-electron chi connectivity index (χ4n) is 2.90. The lowest BCUT2D eigenvalue weighted by molar-refractivity contribution is -0.0497. The Morgan fingerprint density at radius 2 is 2.23 bits per heavy atom. The van der Waals surface area contributed by atoms with Gasteiger partial charge in [0.1, 0.15) is 5.75 Å². The van der Waals surface area contributed by atoms with Crippen LogP contribution in [0.3, 0.4) is 0 Å². The number of carbonyl (C=O) groups excluding carboxylic acids is 1. The van der Waals surface area contributed by atoms with Gasteiger partial charge in [0.05, 0.1) is 23.3 Å². The molecule has 0 spiro atoms. The van der Waals surface area contributed by atoms with Crippen molar-refractivity contribution in [3.05, 3.63) is 23.2 Å². The summed E-state index contributed by atoms with van der Waals surface area (Å²) < 4.78 is 34.2. The first-order valence-electron chi connectivity index (χ1n) is 6.98. The Hall–Kier alpha value is -1.60. The smallest absolute Gasteiger partial charge is 0.387 e. The van der Waals surface area contributed by atoms with Gasteiger partial charge < -0.3 is 20.1 Å². The van der Waals surface area contributed by atoms with Crippen molar-refractivity contribution in [1.82, 2.24) is 5.32 Å². The molecule has 2 amide bonds. The maximum absolute atomic E-state index is 12.1. The molecule has 3 rings (SSSR count). The number of urea groups is 1. The third-order valence-corrected chi connectivity index (χ3v) is 4.12. The van der Waals surface area contributed by atoms with E-state index in [4.69, 9.17) is 16.3 Å². The fourth-order valence-corrected chi connectivity index (χ4v) is 3.12. The van der Waals surface area contributed by atoms with E-state index in [0.29, 0.717) is 5.69 Å². The number of carbonyl (C=O) groups is 1. The van der Waals surface area contributed by atoms with E-state index in [1.807, 2.05) is 0 Å². The zero-order valence-electron chi connectivity index (χ0n) is 11.5. The van der Waals surface area contributed by atoms with Crippen LogP contribution < -0.4 is 15.4 Å². The molecular weight excluding hydrogens is 318 g/mol. The van der Waals surface area contributed by atoms with Crippen LogP contribution in [0.2, 0.25) is 5.02 Å². The van der Waals surface area contributed by atoms with Gasteiger partial charge in [0.15, 0.2) is 0 Å². The van der Waals surface area contributed by atoms with Crippen molar-refractivity contribution in [3.8, 4) is 5.75 Å². The minimum Gasteiger partial charge on any atom is -0.433 e. The summed E-state index contributed by atoms with van der Waals surface area (Å²) in [5, 5.41) is 5.47. The van der Waals surface area contributed by atoms with Crippen LogP contribution in [0.4, 0.5) is 19.3 Å². The Morgan fingerprint density at radius 3 is 2.82 bits per heavy atom. The molecule has 0 aliphatic carbocycles. The van der Waals surface area contributed by atoms with Crippen molar-refractivity contribution < 1.29 is 23.0 Å². The molecule has 2 heterocycles. The van der Waals surface area contributed by atoms with Crippen LogP contribution in [0, 0.1) is 0 Å². The molecule has 2 aliphatic heterocycles. The summed E-state index contributed by atoms with van der Waals surface area (Å²) in [4.78, 5) is 11.9. The SMILES string of the molecule is O=C(Nc1ccc(OC(F)F)c(Cl)c1)N[C@@H]1C[C@H]2CC[C@H]1O2. The third kappa shape index (κ3) is 3.41. The summed E-state index contributed by atoms with van der Waals surface area (Å²) in [7, 11) is 0. The Bertz CT molecular complexity index is 573. The average molecular weight is 333 g/mol. The zero-order chi connectivity index (χ0) is 15.7. The normalized spacial score (nSPS) is 26.3. The Labute approximate surface area is 130 Å². The molecule has 5 nitrogen and oxygen atoms in total. The fraction of sp³-hybridized carbons (Fsp3) is 0.500. The second kappa shape index (κ2) is 6.26. The summed E-state index contributed by atoms with van der Waals surface area (Å²) in [6.07, 6.45) is 3.16. The van der Waals surface area contributed by atoms with Gasteiger partial charge in [0, 0.05) is 5.69 Å². The van der Waals surface area contributed by atoms with Gasteiger partial charge in [-0.3, -0.25) is 0 Å². The molecule has 8 heteroatoms. The molecular formula is C14H15ClF2N2O3. The lowest BCUT2D eigenvalue weighted by Crippen LogP contribution is -2.43. The van der Waals surface area contributed by atoms with Crippen molar-refractivity contribution in [2.75, 3.05) is 5.32 Å². The van der Waals surface area contributed by atoms with Gasteiger partial charge in [-0.1, -0.05) is 11.6 Å². The molecule has 0 saturated carbocycles. The van der Waals surface area contributed by atoms with Gasteiger partial charge >= 0.3 is 12.6 Å². The molecule has 22 heavy (non-hydrogen) atoms. The van der Waals surface area contributed by atoms with Crippen molar-refractivity contribution in [2.45, 2.75) is 44.1 Å². The van der Waals surface area contributed by atoms with Crippen molar-refractivity contribution in [3.63, 3.8) is 0 Å². The average Bonchev–Trinajstić information content (AvgIpc) is 3.03. The Balaban J connectivity index is 1.56. The number of halogens is 3. The molecule has 120 valence electrons. The molecule has 2 N–H and O–H groups in total. The van der Waals surface area contributed by atoms with Crippen LogP contribution >= 0.6 is 11.6 Å². The third-order valence-electron chi connectivity index (χ3n) is 3.83. The van der Waals surface area contributed by atoms with E-state index in [9.17, 15) is 13.6 Å². The van der Waals surface area contributed by atoms with Crippen molar-refractivity contribution in [2.24, 2.45) is 0 Å². The minimum absolute atomic E-state index is 0.00126. The number of nitrogens with one attached hydrogen (secondary N) is 2. The number of fused-ring (bicyclic) bond motifs is 2. The first-order chi connectivity index (χ1) is 10.5. The second-order valence-corrected chi connectivity index (χ2v) is 5.75. The van der Waals surface area contributed by atoms with Gasteiger partial charge in [0.2, 0.25) is 0 Å². The number of amides is 2.